The van der Waals surface area contributed by atoms with Crippen LogP contribution in [0, 0.1) is 24.6 Å². The third kappa shape index (κ3) is 4.39. The normalized spacial score (nSPS) is 10.3. The molecule has 0 fully saturated rings. The largest absolute Gasteiger partial charge is 0.323 e. The number of nitrogens with zero attached hydrogens (tertiary/aromatic N) is 3. The Kier molecular flexibility index (Phi) is 4.91. The highest BCUT2D eigenvalue weighted by molar-refractivity contribution is 5.99. The summed E-state index contributed by atoms with van der Waals surface area (Å²) in [5, 5.41) is 9.52. The van der Waals surface area contributed by atoms with Crippen LogP contribution in [0.15, 0.2) is 67.0 Å². The summed E-state index contributed by atoms with van der Waals surface area (Å²) in [6.45, 7) is 1.82. The fourth-order valence-electron chi connectivity index (χ4n) is 2.67. The van der Waals surface area contributed by atoms with Crippen molar-refractivity contribution in [2.45, 2.75) is 6.92 Å². The molecule has 2 heterocycles. The Morgan fingerprint density at radius 2 is 1.86 bits per heavy atom. The molecular formula is C22H16FN5O. The van der Waals surface area contributed by atoms with Gasteiger partial charge in [0.1, 0.15) is 11.5 Å². The van der Waals surface area contributed by atoms with Crippen molar-refractivity contribution in [2.75, 3.05) is 10.6 Å². The number of amides is 2. The van der Waals surface area contributed by atoms with Gasteiger partial charge in [0, 0.05) is 23.6 Å². The minimum absolute atomic E-state index is 0.132. The van der Waals surface area contributed by atoms with E-state index in [2.05, 4.69) is 32.6 Å². The SMILES string of the molecule is Cc1ccc(F)c(NC(=O)Nc2ccc(C#Cc3ccc4nccn4n3)cc2)c1. The van der Waals surface area contributed by atoms with E-state index in [1.165, 1.54) is 6.07 Å². The second-order valence-electron chi connectivity index (χ2n) is 6.34. The van der Waals surface area contributed by atoms with Crippen LogP contribution in [0.4, 0.5) is 20.6 Å². The number of carbonyl (C=O) groups excluding carboxylic acids is 1. The van der Waals surface area contributed by atoms with Crippen molar-refractivity contribution in [3.63, 3.8) is 0 Å². The number of aromatic nitrogens is 3. The molecule has 0 spiro atoms. The van der Waals surface area contributed by atoms with Gasteiger partial charge in [0.25, 0.3) is 0 Å². The molecule has 0 aliphatic rings. The average Bonchev–Trinajstić information content (AvgIpc) is 3.18. The molecule has 2 aromatic heterocycles. The van der Waals surface area contributed by atoms with Crippen molar-refractivity contribution in [1.29, 1.82) is 0 Å². The summed E-state index contributed by atoms with van der Waals surface area (Å²) in [5.74, 6) is 5.54. The van der Waals surface area contributed by atoms with E-state index < -0.39 is 11.8 Å². The van der Waals surface area contributed by atoms with E-state index in [0.717, 1.165) is 16.8 Å². The first-order chi connectivity index (χ1) is 14.1. The van der Waals surface area contributed by atoms with E-state index in [1.54, 1.807) is 59.4 Å². The Morgan fingerprint density at radius 1 is 1.03 bits per heavy atom. The van der Waals surface area contributed by atoms with Crippen molar-refractivity contribution in [3.05, 3.63) is 89.6 Å². The van der Waals surface area contributed by atoms with E-state index in [-0.39, 0.29) is 5.69 Å². The third-order valence-electron chi connectivity index (χ3n) is 4.10. The fraction of sp³-hybridized carbons (Fsp3) is 0.0455. The van der Waals surface area contributed by atoms with E-state index >= 15 is 0 Å². The molecule has 6 nitrogen and oxygen atoms in total. The maximum absolute atomic E-state index is 13.7. The molecule has 0 saturated heterocycles. The molecule has 2 amide bonds. The summed E-state index contributed by atoms with van der Waals surface area (Å²) in [6.07, 6.45) is 3.43. The number of hydrogen-bond donors (Lipinski definition) is 2. The van der Waals surface area contributed by atoms with Crippen LogP contribution in [0.5, 0.6) is 0 Å². The summed E-state index contributed by atoms with van der Waals surface area (Å²) >= 11 is 0. The van der Waals surface area contributed by atoms with Gasteiger partial charge in [-0.25, -0.2) is 18.7 Å². The first-order valence-corrected chi connectivity index (χ1v) is 8.83. The Labute approximate surface area is 166 Å². The number of nitrogens with one attached hydrogen (secondary N) is 2. The smallest absolute Gasteiger partial charge is 0.308 e. The predicted octanol–water partition coefficient (Wildman–Crippen LogP) is 4.22. The van der Waals surface area contributed by atoms with Crippen molar-refractivity contribution in [3.8, 4) is 11.8 Å². The van der Waals surface area contributed by atoms with Crippen molar-refractivity contribution in [1.82, 2.24) is 14.6 Å². The number of fused-ring (bicyclic) bond motifs is 1. The number of aryl methyl sites for hydroxylation is 1. The summed E-state index contributed by atoms with van der Waals surface area (Å²) in [6, 6.07) is 14.7. The number of urea groups is 1. The molecule has 7 heteroatoms. The molecule has 142 valence electrons. The highest BCUT2D eigenvalue weighted by Crippen LogP contribution is 2.16. The van der Waals surface area contributed by atoms with Crippen LogP contribution < -0.4 is 10.6 Å². The van der Waals surface area contributed by atoms with Crippen LogP contribution in [0.1, 0.15) is 16.8 Å². The number of benzene rings is 2. The van der Waals surface area contributed by atoms with Gasteiger partial charge in [0.05, 0.1) is 5.69 Å². The molecule has 4 rings (SSSR count). The topological polar surface area (TPSA) is 71.3 Å². The van der Waals surface area contributed by atoms with Gasteiger partial charge in [0.2, 0.25) is 0 Å². The molecule has 2 aromatic carbocycles. The number of carbonyl (C=O) groups is 1. The zero-order valence-corrected chi connectivity index (χ0v) is 15.5. The van der Waals surface area contributed by atoms with Crippen LogP contribution in [-0.4, -0.2) is 20.6 Å². The zero-order valence-electron chi connectivity index (χ0n) is 15.5. The highest BCUT2D eigenvalue weighted by Gasteiger charge is 2.07. The van der Waals surface area contributed by atoms with Gasteiger partial charge in [-0.2, -0.15) is 5.10 Å². The Balaban J connectivity index is 1.41. The Morgan fingerprint density at radius 3 is 2.69 bits per heavy atom. The number of halogens is 1. The van der Waals surface area contributed by atoms with E-state index in [9.17, 15) is 9.18 Å². The van der Waals surface area contributed by atoms with Crippen LogP contribution in [-0.2, 0) is 0 Å². The molecular weight excluding hydrogens is 369 g/mol. The molecule has 0 bridgehead atoms. The van der Waals surface area contributed by atoms with Gasteiger partial charge in [-0.3, -0.25) is 0 Å². The third-order valence-corrected chi connectivity index (χ3v) is 4.10. The molecule has 0 unspecified atom stereocenters. The molecule has 29 heavy (non-hydrogen) atoms. The van der Waals surface area contributed by atoms with E-state index in [4.69, 9.17) is 0 Å². The maximum atomic E-state index is 13.7. The molecule has 2 N–H and O–H groups in total. The molecule has 0 saturated carbocycles. The van der Waals surface area contributed by atoms with Gasteiger partial charge >= 0.3 is 6.03 Å². The summed E-state index contributed by atoms with van der Waals surface area (Å²) < 4.78 is 15.4. The van der Waals surface area contributed by atoms with Crippen molar-refractivity contribution >= 4 is 23.1 Å². The second-order valence-corrected chi connectivity index (χ2v) is 6.34. The number of rotatable bonds is 2. The predicted molar refractivity (Wildman–Crippen MR) is 109 cm³/mol. The van der Waals surface area contributed by atoms with Crippen LogP contribution in [0.25, 0.3) is 5.65 Å². The highest BCUT2D eigenvalue weighted by atomic mass is 19.1. The van der Waals surface area contributed by atoms with Gasteiger partial charge in [-0.1, -0.05) is 12.0 Å². The molecule has 0 aliphatic heterocycles. The first kappa shape index (κ1) is 18.2. The van der Waals surface area contributed by atoms with Crippen molar-refractivity contribution < 1.29 is 9.18 Å². The fourth-order valence-corrected chi connectivity index (χ4v) is 2.67. The Bertz CT molecular complexity index is 1250. The van der Waals surface area contributed by atoms with Gasteiger partial charge < -0.3 is 10.6 Å². The molecule has 4 aromatic rings. The van der Waals surface area contributed by atoms with Crippen LogP contribution >= 0.6 is 0 Å². The molecule has 0 aliphatic carbocycles. The summed E-state index contributed by atoms with van der Waals surface area (Å²) in [5.41, 5.74) is 3.71. The quantitative estimate of drug-likeness (QED) is 0.508. The molecule has 0 radical (unpaired) electrons. The summed E-state index contributed by atoms with van der Waals surface area (Å²) in [7, 11) is 0. The minimum atomic E-state index is -0.522. The van der Waals surface area contributed by atoms with E-state index in [1.807, 2.05) is 13.0 Å². The number of hydrogen-bond acceptors (Lipinski definition) is 3. The second kappa shape index (κ2) is 7.82. The van der Waals surface area contributed by atoms with Gasteiger partial charge in [-0.15, -0.1) is 0 Å². The number of anilines is 2. The summed E-state index contributed by atoms with van der Waals surface area (Å²) in [4.78, 5) is 16.2. The van der Waals surface area contributed by atoms with Crippen molar-refractivity contribution in [2.24, 2.45) is 0 Å². The standard InChI is InChI=1S/C22H16FN5O/c1-15-2-10-19(23)20(14-15)26-22(29)25-17-6-3-16(4-7-17)5-8-18-9-11-21-24-12-13-28(21)27-18/h2-4,6-7,9-14H,1H3,(H2,25,26,29). The average molecular weight is 385 g/mol. The Hall–Kier alpha value is -4.18. The lowest BCUT2D eigenvalue weighted by Gasteiger charge is -2.09. The first-order valence-electron chi connectivity index (χ1n) is 8.83. The minimum Gasteiger partial charge on any atom is -0.308 e. The van der Waals surface area contributed by atoms with E-state index in [0.29, 0.717) is 11.4 Å². The lowest BCUT2D eigenvalue weighted by atomic mass is 10.2. The maximum Gasteiger partial charge on any atom is 0.323 e. The van der Waals surface area contributed by atoms with Crippen LogP contribution in [0.2, 0.25) is 0 Å². The van der Waals surface area contributed by atoms with Gasteiger partial charge in [0.15, 0.2) is 5.65 Å². The monoisotopic (exact) mass is 385 g/mol. The van der Waals surface area contributed by atoms with Gasteiger partial charge in [-0.05, 0) is 66.9 Å². The lowest BCUT2D eigenvalue weighted by molar-refractivity contribution is 0.262. The number of imidazole rings is 1. The zero-order chi connectivity index (χ0) is 20.2. The molecule has 0 atom stereocenters. The lowest BCUT2D eigenvalue weighted by Crippen LogP contribution is -2.20. The van der Waals surface area contributed by atoms with Crippen LogP contribution in [0.3, 0.4) is 0 Å².